The molecule has 0 fully saturated rings. The number of methoxy groups -OCH3 is 1. The number of rotatable bonds is 6. The molecule has 0 spiro atoms. The summed E-state index contributed by atoms with van der Waals surface area (Å²) in [4.78, 5) is 0. The Morgan fingerprint density at radius 2 is 1.82 bits per heavy atom. The molecule has 0 radical (unpaired) electrons. The average molecular weight is 235 g/mol. The van der Waals surface area contributed by atoms with Gasteiger partial charge in [0.1, 0.15) is 5.75 Å². The fraction of sp³-hybridized carbons (Fsp3) is 0.600. The average Bonchev–Trinajstić information content (AvgIpc) is 2.32. The van der Waals surface area contributed by atoms with Gasteiger partial charge in [-0.05, 0) is 74.4 Å². The molecule has 17 heavy (non-hydrogen) atoms. The highest BCUT2D eigenvalue weighted by atomic mass is 16.5. The van der Waals surface area contributed by atoms with Crippen molar-refractivity contribution in [3.63, 3.8) is 0 Å². The van der Waals surface area contributed by atoms with Crippen LogP contribution in [0.15, 0.2) is 12.1 Å². The van der Waals surface area contributed by atoms with E-state index in [1.54, 1.807) is 7.11 Å². The molecule has 0 amide bonds. The van der Waals surface area contributed by atoms with Gasteiger partial charge >= 0.3 is 0 Å². The van der Waals surface area contributed by atoms with E-state index < -0.39 is 0 Å². The second-order valence-electron chi connectivity index (χ2n) is 4.71. The van der Waals surface area contributed by atoms with Crippen LogP contribution >= 0.6 is 0 Å². The predicted molar refractivity (Wildman–Crippen MR) is 73.8 cm³/mol. The molecule has 0 aliphatic carbocycles. The molecule has 0 bridgehead atoms. The summed E-state index contributed by atoms with van der Waals surface area (Å²) >= 11 is 0. The number of aryl methyl sites for hydroxylation is 2. The lowest BCUT2D eigenvalue weighted by molar-refractivity contribution is 0.413. The summed E-state index contributed by atoms with van der Waals surface area (Å²) in [5.74, 6) is 1.59. The highest BCUT2D eigenvalue weighted by molar-refractivity contribution is 5.43. The van der Waals surface area contributed by atoms with Crippen LogP contribution in [-0.2, 0) is 0 Å². The van der Waals surface area contributed by atoms with Crippen LogP contribution in [0.2, 0.25) is 0 Å². The standard InChI is InChI=1S/C15H25NO/c1-5-13(7-6-8-16)15-11(2)9-14(17-4)10-12(15)3/h9-10,13H,5-8,16H2,1-4H3. The molecular weight excluding hydrogens is 210 g/mol. The van der Waals surface area contributed by atoms with E-state index in [0.717, 1.165) is 18.7 Å². The van der Waals surface area contributed by atoms with Crippen LogP contribution < -0.4 is 10.5 Å². The number of ether oxygens (including phenoxy) is 1. The van der Waals surface area contributed by atoms with E-state index in [0.29, 0.717) is 5.92 Å². The smallest absolute Gasteiger partial charge is 0.119 e. The lowest BCUT2D eigenvalue weighted by Crippen LogP contribution is -2.07. The topological polar surface area (TPSA) is 35.2 Å². The maximum atomic E-state index is 5.61. The van der Waals surface area contributed by atoms with Crippen molar-refractivity contribution in [2.45, 2.75) is 46.0 Å². The largest absolute Gasteiger partial charge is 0.497 e. The molecule has 1 rings (SSSR count). The summed E-state index contributed by atoms with van der Waals surface area (Å²) < 4.78 is 5.31. The fourth-order valence-corrected chi connectivity index (χ4v) is 2.61. The van der Waals surface area contributed by atoms with Crippen LogP contribution in [0.5, 0.6) is 5.75 Å². The van der Waals surface area contributed by atoms with E-state index in [-0.39, 0.29) is 0 Å². The molecule has 1 aromatic rings. The van der Waals surface area contributed by atoms with E-state index >= 15 is 0 Å². The molecule has 0 heterocycles. The van der Waals surface area contributed by atoms with Crippen LogP contribution in [-0.4, -0.2) is 13.7 Å². The Balaban J connectivity index is 3.02. The van der Waals surface area contributed by atoms with Gasteiger partial charge in [-0.25, -0.2) is 0 Å². The molecule has 0 saturated heterocycles. The van der Waals surface area contributed by atoms with Crippen molar-refractivity contribution in [1.82, 2.24) is 0 Å². The molecule has 0 aliphatic heterocycles. The summed E-state index contributed by atoms with van der Waals surface area (Å²) in [6, 6.07) is 4.26. The number of hydrogen-bond donors (Lipinski definition) is 1. The maximum absolute atomic E-state index is 5.61. The molecule has 1 aromatic carbocycles. The van der Waals surface area contributed by atoms with E-state index in [9.17, 15) is 0 Å². The van der Waals surface area contributed by atoms with Crippen molar-refractivity contribution in [1.29, 1.82) is 0 Å². The van der Waals surface area contributed by atoms with Gasteiger partial charge < -0.3 is 10.5 Å². The lowest BCUT2D eigenvalue weighted by Gasteiger charge is -2.21. The summed E-state index contributed by atoms with van der Waals surface area (Å²) in [5, 5.41) is 0. The van der Waals surface area contributed by atoms with Gasteiger partial charge in [0.2, 0.25) is 0 Å². The van der Waals surface area contributed by atoms with E-state index in [1.807, 2.05) is 0 Å². The van der Waals surface area contributed by atoms with Crippen LogP contribution in [0.25, 0.3) is 0 Å². The number of hydrogen-bond acceptors (Lipinski definition) is 2. The van der Waals surface area contributed by atoms with Crippen molar-refractivity contribution in [3.05, 3.63) is 28.8 Å². The maximum Gasteiger partial charge on any atom is 0.119 e. The normalized spacial score (nSPS) is 12.5. The van der Waals surface area contributed by atoms with Gasteiger partial charge in [-0.3, -0.25) is 0 Å². The highest BCUT2D eigenvalue weighted by Crippen LogP contribution is 2.32. The second-order valence-corrected chi connectivity index (χ2v) is 4.71. The first-order chi connectivity index (χ1) is 8.13. The molecule has 0 aromatic heterocycles. The molecule has 1 atom stereocenters. The molecule has 0 saturated carbocycles. The van der Waals surface area contributed by atoms with Crippen molar-refractivity contribution >= 4 is 0 Å². The van der Waals surface area contributed by atoms with Crippen LogP contribution in [0, 0.1) is 13.8 Å². The Hall–Kier alpha value is -1.02. The number of nitrogens with two attached hydrogens (primary N) is 1. The minimum absolute atomic E-state index is 0.629. The first-order valence-corrected chi connectivity index (χ1v) is 6.49. The van der Waals surface area contributed by atoms with Crippen molar-refractivity contribution < 1.29 is 4.74 Å². The Morgan fingerprint density at radius 3 is 2.24 bits per heavy atom. The predicted octanol–water partition coefficient (Wildman–Crippen LogP) is 3.54. The van der Waals surface area contributed by atoms with E-state index in [1.165, 1.54) is 29.5 Å². The Morgan fingerprint density at radius 1 is 1.24 bits per heavy atom. The van der Waals surface area contributed by atoms with Crippen LogP contribution in [0.4, 0.5) is 0 Å². The Kier molecular flexibility index (Phi) is 5.49. The first kappa shape index (κ1) is 14.0. The summed E-state index contributed by atoms with van der Waals surface area (Å²) in [5.41, 5.74) is 9.78. The zero-order valence-corrected chi connectivity index (χ0v) is 11.5. The van der Waals surface area contributed by atoms with Crippen molar-refractivity contribution in [2.24, 2.45) is 5.73 Å². The van der Waals surface area contributed by atoms with Gasteiger partial charge in [-0.15, -0.1) is 0 Å². The Bertz CT molecular complexity index is 337. The molecule has 0 aliphatic rings. The lowest BCUT2D eigenvalue weighted by atomic mass is 9.85. The van der Waals surface area contributed by atoms with Gasteiger partial charge in [0.15, 0.2) is 0 Å². The molecule has 1 unspecified atom stereocenters. The van der Waals surface area contributed by atoms with Gasteiger partial charge in [0, 0.05) is 0 Å². The third kappa shape index (κ3) is 3.47. The van der Waals surface area contributed by atoms with Crippen molar-refractivity contribution in [2.75, 3.05) is 13.7 Å². The highest BCUT2D eigenvalue weighted by Gasteiger charge is 2.15. The second kappa shape index (κ2) is 6.65. The van der Waals surface area contributed by atoms with E-state index in [4.69, 9.17) is 10.5 Å². The third-order valence-electron chi connectivity index (χ3n) is 3.46. The summed E-state index contributed by atoms with van der Waals surface area (Å²) in [6.07, 6.45) is 3.46. The van der Waals surface area contributed by atoms with E-state index in [2.05, 4.69) is 32.9 Å². The zero-order valence-electron chi connectivity index (χ0n) is 11.5. The molecular formula is C15H25NO. The van der Waals surface area contributed by atoms with Gasteiger partial charge in [0.05, 0.1) is 7.11 Å². The third-order valence-corrected chi connectivity index (χ3v) is 3.46. The minimum atomic E-state index is 0.629. The number of benzene rings is 1. The zero-order chi connectivity index (χ0) is 12.8. The fourth-order valence-electron chi connectivity index (χ4n) is 2.61. The van der Waals surface area contributed by atoms with Gasteiger partial charge in [-0.1, -0.05) is 6.92 Å². The minimum Gasteiger partial charge on any atom is -0.497 e. The summed E-state index contributed by atoms with van der Waals surface area (Å²) in [6.45, 7) is 7.39. The summed E-state index contributed by atoms with van der Waals surface area (Å²) in [7, 11) is 1.72. The van der Waals surface area contributed by atoms with Crippen LogP contribution in [0.3, 0.4) is 0 Å². The SMILES string of the molecule is CCC(CCCN)c1c(C)cc(OC)cc1C. The molecule has 96 valence electrons. The van der Waals surface area contributed by atoms with Crippen LogP contribution in [0.1, 0.15) is 48.8 Å². The molecule has 2 N–H and O–H groups in total. The molecule has 2 nitrogen and oxygen atoms in total. The molecule has 2 heteroatoms. The first-order valence-electron chi connectivity index (χ1n) is 6.49. The van der Waals surface area contributed by atoms with Crippen molar-refractivity contribution in [3.8, 4) is 5.75 Å². The Labute approximate surface area is 105 Å². The van der Waals surface area contributed by atoms with Gasteiger partial charge in [0.25, 0.3) is 0 Å². The monoisotopic (exact) mass is 235 g/mol. The van der Waals surface area contributed by atoms with Gasteiger partial charge in [-0.2, -0.15) is 0 Å². The quantitative estimate of drug-likeness (QED) is 0.818.